The van der Waals surface area contributed by atoms with Crippen molar-refractivity contribution in [2.24, 2.45) is 0 Å². The molecule has 38 heavy (non-hydrogen) atoms. The number of piperidine rings is 1. The number of rotatable bonds is 4. The minimum Gasteiger partial charge on any atom is -0.475 e. The summed E-state index contributed by atoms with van der Waals surface area (Å²) in [5.74, 6) is -4.67. The number of nitrogens with zero attached hydrogens (tertiary/aromatic N) is 3. The average molecular weight is 573 g/mol. The molecule has 9 nitrogen and oxygen atoms in total. The van der Waals surface area contributed by atoms with Crippen LogP contribution in [0.1, 0.15) is 29.8 Å². The average Bonchev–Trinajstić information content (AvgIpc) is 3.45. The van der Waals surface area contributed by atoms with Gasteiger partial charge in [0.15, 0.2) is 0 Å². The zero-order chi connectivity index (χ0) is 28.6. The first-order valence-corrected chi connectivity index (χ1v) is 12.0. The van der Waals surface area contributed by atoms with Gasteiger partial charge in [-0.05, 0) is 49.9 Å². The Morgan fingerprint density at radius 1 is 1.13 bits per heavy atom. The first-order valence-electron chi connectivity index (χ1n) is 11.2. The van der Waals surface area contributed by atoms with Crippen LogP contribution in [0.2, 0.25) is 0 Å². The van der Waals surface area contributed by atoms with Gasteiger partial charge in [-0.2, -0.15) is 31.4 Å². The summed E-state index contributed by atoms with van der Waals surface area (Å²) in [5, 5.41) is 28.2. The van der Waals surface area contributed by atoms with Crippen LogP contribution in [0.25, 0.3) is 0 Å². The number of aryl methyl sites for hydroxylation is 1. The molecular weight excluding hydrogens is 546 g/mol. The maximum absolute atomic E-state index is 10.6. The second-order valence-corrected chi connectivity index (χ2v) is 9.63. The zero-order valence-corrected chi connectivity index (χ0v) is 20.9. The quantitative estimate of drug-likeness (QED) is 0.459. The highest BCUT2D eigenvalue weighted by Gasteiger charge is 2.43. The number of hydrogen-bond acceptors (Lipinski definition) is 8. The van der Waals surface area contributed by atoms with E-state index in [-0.39, 0.29) is 5.60 Å². The number of hydrogen-bond donors (Lipinski definition) is 3. The number of carbonyl (C=O) groups is 2. The Balaban J connectivity index is 0.000000301. The van der Waals surface area contributed by atoms with Crippen molar-refractivity contribution in [3.63, 3.8) is 0 Å². The fourth-order valence-corrected chi connectivity index (χ4v) is 4.60. The third-order valence-electron chi connectivity index (χ3n) is 5.42. The molecule has 2 atom stereocenters. The van der Waals surface area contributed by atoms with Crippen LogP contribution in [0.4, 0.5) is 32.2 Å². The molecule has 3 N–H and O–H groups in total. The third kappa shape index (κ3) is 10.4. The second kappa shape index (κ2) is 13.2. The van der Waals surface area contributed by atoms with Gasteiger partial charge in [-0.1, -0.05) is 6.07 Å². The van der Waals surface area contributed by atoms with E-state index in [4.69, 9.17) is 24.5 Å². The standard InChI is InChI=1S/C18H24N4OS.2C2HF3O2/c1-14-5-6-17(21-20-14)19-15-10-18(23-12-15)7-3-8-22(13-18)11-16-4-2-9-24-16;2*3-2(4,5)1(6)7/h2,4-6,9,15H,3,7-8,10-13H2,1H3,(H,19,21);2*(H,6,7). The summed E-state index contributed by atoms with van der Waals surface area (Å²) in [6.45, 7) is 5.95. The van der Waals surface area contributed by atoms with E-state index < -0.39 is 24.3 Å². The molecule has 2 saturated heterocycles. The molecule has 0 aromatic carbocycles. The van der Waals surface area contributed by atoms with Crippen LogP contribution >= 0.6 is 11.3 Å². The van der Waals surface area contributed by atoms with Crippen LogP contribution in [0.5, 0.6) is 0 Å². The number of carboxylic acid groups (broad SMARTS) is 2. The number of likely N-dealkylation sites (tertiary alicyclic amines) is 1. The van der Waals surface area contributed by atoms with Crippen molar-refractivity contribution in [1.82, 2.24) is 15.1 Å². The van der Waals surface area contributed by atoms with Crippen LogP contribution in [0, 0.1) is 6.92 Å². The maximum atomic E-state index is 10.6. The lowest BCUT2D eigenvalue weighted by molar-refractivity contribution is -0.193. The minimum atomic E-state index is -5.08. The summed E-state index contributed by atoms with van der Waals surface area (Å²) in [4.78, 5) is 21.8. The Morgan fingerprint density at radius 3 is 2.26 bits per heavy atom. The summed E-state index contributed by atoms with van der Waals surface area (Å²) >= 11 is 1.84. The Morgan fingerprint density at radius 2 is 1.76 bits per heavy atom. The SMILES string of the molecule is Cc1ccc(NC2COC3(CCCN(Cc4cccs4)C3)C2)nn1.O=C(O)C(F)(F)F.O=C(O)C(F)(F)F. The highest BCUT2D eigenvalue weighted by Crippen LogP contribution is 2.36. The van der Waals surface area contributed by atoms with Gasteiger partial charge in [0, 0.05) is 24.4 Å². The number of aliphatic carboxylic acids is 2. The maximum Gasteiger partial charge on any atom is 0.490 e. The zero-order valence-electron chi connectivity index (χ0n) is 20.1. The molecule has 2 aromatic heterocycles. The van der Waals surface area contributed by atoms with Crippen LogP contribution in [-0.2, 0) is 20.9 Å². The van der Waals surface area contributed by atoms with Gasteiger partial charge in [-0.3, -0.25) is 4.90 Å². The molecule has 16 heteroatoms. The molecule has 0 radical (unpaired) electrons. The summed E-state index contributed by atoms with van der Waals surface area (Å²) in [7, 11) is 0. The number of carboxylic acids is 2. The molecule has 0 amide bonds. The number of alkyl halides is 6. The highest BCUT2D eigenvalue weighted by molar-refractivity contribution is 7.09. The number of aromatic nitrogens is 2. The predicted octanol–water partition coefficient (Wildman–Crippen LogP) is 4.35. The molecule has 1 spiro atoms. The molecule has 212 valence electrons. The number of nitrogens with one attached hydrogen (secondary N) is 1. The summed E-state index contributed by atoms with van der Waals surface area (Å²) in [5.41, 5.74) is 0.946. The Labute approximate surface area is 217 Å². The van der Waals surface area contributed by atoms with E-state index in [1.807, 2.05) is 30.4 Å². The largest absolute Gasteiger partial charge is 0.490 e. The van der Waals surface area contributed by atoms with Gasteiger partial charge in [0.25, 0.3) is 0 Å². The van der Waals surface area contributed by atoms with Gasteiger partial charge in [0.2, 0.25) is 0 Å². The molecule has 2 fully saturated rings. The number of halogens is 6. The van der Waals surface area contributed by atoms with Crippen LogP contribution in [-0.4, -0.2) is 80.9 Å². The van der Waals surface area contributed by atoms with Crippen LogP contribution in [0.15, 0.2) is 29.6 Å². The minimum absolute atomic E-state index is 0.00526. The lowest BCUT2D eigenvalue weighted by Gasteiger charge is -2.39. The Bertz CT molecular complexity index is 1010. The van der Waals surface area contributed by atoms with Crippen molar-refractivity contribution < 1.29 is 50.9 Å². The van der Waals surface area contributed by atoms with E-state index in [2.05, 4.69) is 37.9 Å². The molecule has 2 aliphatic heterocycles. The molecule has 2 unspecified atom stereocenters. The predicted molar refractivity (Wildman–Crippen MR) is 124 cm³/mol. The van der Waals surface area contributed by atoms with Gasteiger partial charge >= 0.3 is 24.3 Å². The summed E-state index contributed by atoms with van der Waals surface area (Å²) in [6, 6.07) is 8.67. The Kier molecular flexibility index (Phi) is 10.8. The van der Waals surface area contributed by atoms with E-state index in [0.717, 1.165) is 44.0 Å². The van der Waals surface area contributed by atoms with Gasteiger partial charge < -0.3 is 20.3 Å². The van der Waals surface area contributed by atoms with Gasteiger partial charge in [-0.25, -0.2) is 9.59 Å². The second-order valence-electron chi connectivity index (χ2n) is 8.60. The van der Waals surface area contributed by atoms with Crippen molar-refractivity contribution >= 4 is 29.1 Å². The molecule has 0 bridgehead atoms. The lowest BCUT2D eigenvalue weighted by atomic mass is 9.88. The van der Waals surface area contributed by atoms with E-state index in [1.165, 1.54) is 17.8 Å². The monoisotopic (exact) mass is 572 g/mol. The molecule has 0 aliphatic carbocycles. The van der Waals surface area contributed by atoms with Gasteiger partial charge in [0.1, 0.15) is 5.82 Å². The van der Waals surface area contributed by atoms with E-state index in [0.29, 0.717) is 6.04 Å². The van der Waals surface area contributed by atoms with E-state index in [9.17, 15) is 26.3 Å². The Hall–Kier alpha value is -2.98. The number of thiophene rings is 1. The third-order valence-corrected chi connectivity index (χ3v) is 6.28. The van der Waals surface area contributed by atoms with Gasteiger partial charge in [0.05, 0.1) is 23.9 Å². The lowest BCUT2D eigenvalue weighted by Crippen LogP contribution is -2.47. The van der Waals surface area contributed by atoms with Crippen molar-refractivity contribution in [3.8, 4) is 0 Å². The number of anilines is 1. The molecule has 4 rings (SSSR count). The van der Waals surface area contributed by atoms with Crippen molar-refractivity contribution in [3.05, 3.63) is 40.2 Å². The topological polar surface area (TPSA) is 125 Å². The normalized spacial score (nSPS) is 21.6. The molecule has 2 aliphatic rings. The molecule has 0 saturated carbocycles. The van der Waals surface area contributed by atoms with E-state index >= 15 is 0 Å². The summed E-state index contributed by atoms with van der Waals surface area (Å²) in [6.07, 6.45) is -6.75. The van der Waals surface area contributed by atoms with Crippen molar-refractivity contribution in [2.75, 3.05) is 25.0 Å². The molecule has 4 heterocycles. The molecular formula is C22H26F6N4O5S. The van der Waals surface area contributed by atoms with Crippen LogP contribution < -0.4 is 5.32 Å². The number of ether oxygens (including phenoxy) is 1. The van der Waals surface area contributed by atoms with Crippen LogP contribution in [0.3, 0.4) is 0 Å². The van der Waals surface area contributed by atoms with Gasteiger partial charge in [-0.15, -0.1) is 16.4 Å². The van der Waals surface area contributed by atoms with Crippen molar-refractivity contribution in [2.45, 2.75) is 56.7 Å². The fourth-order valence-electron chi connectivity index (χ4n) is 3.85. The smallest absolute Gasteiger partial charge is 0.475 e. The molecule has 2 aromatic rings. The first-order chi connectivity index (χ1) is 17.6. The van der Waals surface area contributed by atoms with Crippen molar-refractivity contribution in [1.29, 1.82) is 0 Å². The van der Waals surface area contributed by atoms with E-state index in [1.54, 1.807) is 0 Å². The fraction of sp³-hybridized carbons (Fsp3) is 0.545. The highest BCUT2D eigenvalue weighted by atomic mass is 32.1. The first kappa shape index (κ1) is 31.2. The summed E-state index contributed by atoms with van der Waals surface area (Å²) < 4.78 is 69.8.